The van der Waals surface area contributed by atoms with Crippen molar-refractivity contribution in [2.75, 3.05) is 19.6 Å². The van der Waals surface area contributed by atoms with Gasteiger partial charge >= 0.3 is 5.97 Å². The van der Waals surface area contributed by atoms with Crippen LogP contribution in [0.3, 0.4) is 0 Å². The molecule has 5 heteroatoms. The van der Waals surface area contributed by atoms with E-state index in [2.05, 4.69) is 10.6 Å². The van der Waals surface area contributed by atoms with E-state index in [9.17, 15) is 4.79 Å². The summed E-state index contributed by atoms with van der Waals surface area (Å²) >= 11 is 0. The zero-order valence-corrected chi connectivity index (χ0v) is 8.70. The van der Waals surface area contributed by atoms with Crippen LogP contribution >= 0.6 is 0 Å². The summed E-state index contributed by atoms with van der Waals surface area (Å²) in [6.45, 7) is 2.29. The fourth-order valence-electron chi connectivity index (χ4n) is 2.26. The second kappa shape index (κ2) is 4.08. The topological polar surface area (TPSA) is 81.6 Å². The zero-order valence-electron chi connectivity index (χ0n) is 8.70. The largest absolute Gasteiger partial charge is 0.481 e. The van der Waals surface area contributed by atoms with Gasteiger partial charge in [0.25, 0.3) is 0 Å². The number of rotatable bonds is 5. The maximum Gasteiger partial charge on any atom is 0.305 e. The molecule has 0 spiro atoms. The predicted molar refractivity (Wildman–Crippen MR) is 54.6 cm³/mol. The highest BCUT2D eigenvalue weighted by Gasteiger charge is 2.40. The smallest absolute Gasteiger partial charge is 0.305 e. The Morgan fingerprint density at radius 3 is 2.53 bits per heavy atom. The SMILES string of the molecule is O=C(O)CC1(NCC2CC(O)C2)CNC1. The van der Waals surface area contributed by atoms with Crippen molar-refractivity contribution in [3.63, 3.8) is 0 Å². The minimum Gasteiger partial charge on any atom is -0.481 e. The van der Waals surface area contributed by atoms with Gasteiger partial charge in [0, 0.05) is 13.1 Å². The number of carboxylic acids is 1. The maximum absolute atomic E-state index is 10.7. The molecule has 1 saturated heterocycles. The van der Waals surface area contributed by atoms with E-state index in [4.69, 9.17) is 10.2 Å². The number of carboxylic acid groups (broad SMARTS) is 1. The first-order valence-corrected chi connectivity index (χ1v) is 5.45. The molecule has 1 aliphatic carbocycles. The molecule has 1 heterocycles. The van der Waals surface area contributed by atoms with Crippen molar-refractivity contribution in [2.45, 2.75) is 30.9 Å². The van der Waals surface area contributed by atoms with Crippen LogP contribution in [-0.2, 0) is 4.79 Å². The fourth-order valence-corrected chi connectivity index (χ4v) is 2.26. The molecule has 0 aromatic heterocycles. The van der Waals surface area contributed by atoms with E-state index >= 15 is 0 Å². The Kier molecular flexibility index (Phi) is 2.95. The van der Waals surface area contributed by atoms with Crippen LogP contribution in [0.4, 0.5) is 0 Å². The lowest BCUT2D eigenvalue weighted by molar-refractivity contribution is -0.139. The summed E-state index contributed by atoms with van der Waals surface area (Å²) < 4.78 is 0. The molecule has 5 nitrogen and oxygen atoms in total. The Morgan fingerprint density at radius 2 is 2.13 bits per heavy atom. The molecule has 0 radical (unpaired) electrons. The van der Waals surface area contributed by atoms with Gasteiger partial charge in [0.2, 0.25) is 0 Å². The normalized spacial score (nSPS) is 32.9. The number of aliphatic hydroxyl groups is 1. The molecule has 2 fully saturated rings. The van der Waals surface area contributed by atoms with Crippen molar-refractivity contribution in [3.05, 3.63) is 0 Å². The molecule has 86 valence electrons. The van der Waals surface area contributed by atoms with Gasteiger partial charge in [0.05, 0.1) is 18.1 Å². The van der Waals surface area contributed by atoms with Crippen molar-refractivity contribution >= 4 is 5.97 Å². The van der Waals surface area contributed by atoms with Crippen LogP contribution in [0.5, 0.6) is 0 Å². The number of carbonyl (C=O) groups is 1. The zero-order chi connectivity index (χ0) is 10.9. The lowest BCUT2D eigenvalue weighted by Crippen LogP contribution is -2.69. The maximum atomic E-state index is 10.7. The summed E-state index contributed by atoms with van der Waals surface area (Å²) in [7, 11) is 0. The highest BCUT2D eigenvalue weighted by Crippen LogP contribution is 2.27. The Balaban J connectivity index is 1.73. The lowest BCUT2D eigenvalue weighted by atomic mass is 9.80. The second-order valence-corrected chi connectivity index (χ2v) is 4.83. The highest BCUT2D eigenvalue weighted by atomic mass is 16.4. The highest BCUT2D eigenvalue weighted by molar-refractivity contribution is 5.68. The van der Waals surface area contributed by atoms with Crippen LogP contribution in [0.25, 0.3) is 0 Å². The summed E-state index contributed by atoms with van der Waals surface area (Å²) in [6.07, 6.45) is 1.74. The Labute approximate surface area is 88.9 Å². The molecule has 2 aliphatic rings. The van der Waals surface area contributed by atoms with Gasteiger partial charge in [-0.05, 0) is 25.3 Å². The number of aliphatic carboxylic acids is 1. The Morgan fingerprint density at radius 1 is 1.47 bits per heavy atom. The third kappa shape index (κ3) is 2.48. The molecule has 0 bridgehead atoms. The molecule has 15 heavy (non-hydrogen) atoms. The van der Waals surface area contributed by atoms with E-state index in [1.807, 2.05) is 0 Å². The van der Waals surface area contributed by atoms with Gasteiger partial charge < -0.3 is 20.8 Å². The van der Waals surface area contributed by atoms with Gasteiger partial charge in [-0.25, -0.2) is 0 Å². The van der Waals surface area contributed by atoms with Crippen LogP contribution in [-0.4, -0.2) is 47.5 Å². The predicted octanol–water partition coefficient (Wildman–Crippen LogP) is -0.836. The monoisotopic (exact) mass is 214 g/mol. The number of nitrogens with one attached hydrogen (secondary N) is 2. The van der Waals surface area contributed by atoms with Crippen LogP contribution in [0, 0.1) is 5.92 Å². The van der Waals surface area contributed by atoms with Gasteiger partial charge in [0.15, 0.2) is 0 Å². The lowest BCUT2D eigenvalue weighted by Gasteiger charge is -2.44. The minimum absolute atomic E-state index is 0.133. The molecule has 2 rings (SSSR count). The van der Waals surface area contributed by atoms with Gasteiger partial charge in [-0.2, -0.15) is 0 Å². The third-order valence-electron chi connectivity index (χ3n) is 3.39. The van der Waals surface area contributed by atoms with Crippen molar-refractivity contribution in [1.29, 1.82) is 0 Å². The number of hydrogen-bond donors (Lipinski definition) is 4. The summed E-state index contributed by atoms with van der Waals surface area (Å²) in [4.78, 5) is 10.7. The Bertz CT molecular complexity index is 247. The van der Waals surface area contributed by atoms with E-state index in [0.717, 1.165) is 32.5 Å². The first kappa shape index (κ1) is 10.9. The fraction of sp³-hybridized carbons (Fsp3) is 0.900. The van der Waals surface area contributed by atoms with Gasteiger partial charge in [-0.1, -0.05) is 0 Å². The standard InChI is InChI=1S/C10H18N2O3/c13-8-1-7(2-8)4-12-10(3-9(14)15)5-11-6-10/h7-8,11-13H,1-6H2,(H,14,15). The second-order valence-electron chi connectivity index (χ2n) is 4.83. The average Bonchev–Trinajstić information content (AvgIpc) is 2.04. The van der Waals surface area contributed by atoms with E-state index < -0.39 is 5.97 Å². The molecule has 4 N–H and O–H groups in total. The van der Waals surface area contributed by atoms with E-state index in [1.54, 1.807) is 0 Å². The first-order valence-electron chi connectivity index (χ1n) is 5.45. The van der Waals surface area contributed by atoms with E-state index in [-0.39, 0.29) is 18.1 Å². The molecule has 0 aromatic carbocycles. The first-order chi connectivity index (χ1) is 7.10. The van der Waals surface area contributed by atoms with Crippen molar-refractivity contribution < 1.29 is 15.0 Å². The van der Waals surface area contributed by atoms with E-state index in [1.165, 1.54) is 0 Å². The average molecular weight is 214 g/mol. The molecule has 1 aliphatic heterocycles. The number of hydrogen-bond acceptors (Lipinski definition) is 4. The Hall–Kier alpha value is -0.650. The molecule has 0 unspecified atom stereocenters. The van der Waals surface area contributed by atoms with Crippen LogP contribution in [0.2, 0.25) is 0 Å². The van der Waals surface area contributed by atoms with Gasteiger partial charge in [-0.3, -0.25) is 4.79 Å². The molecular formula is C10H18N2O3. The summed E-state index contributed by atoms with van der Waals surface area (Å²) in [5.74, 6) is -0.232. The summed E-state index contributed by atoms with van der Waals surface area (Å²) in [5, 5.41) is 24.3. The van der Waals surface area contributed by atoms with Crippen LogP contribution in [0.1, 0.15) is 19.3 Å². The van der Waals surface area contributed by atoms with Crippen LogP contribution < -0.4 is 10.6 Å². The summed E-state index contributed by atoms with van der Waals surface area (Å²) in [6, 6.07) is 0. The van der Waals surface area contributed by atoms with Gasteiger partial charge in [-0.15, -0.1) is 0 Å². The van der Waals surface area contributed by atoms with E-state index in [0.29, 0.717) is 5.92 Å². The van der Waals surface area contributed by atoms with Crippen molar-refractivity contribution in [1.82, 2.24) is 10.6 Å². The molecule has 0 aromatic rings. The molecule has 0 atom stereocenters. The minimum atomic E-state index is -0.752. The van der Waals surface area contributed by atoms with Crippen molar-refractivity contribution in [3.8, 4) is 0 Å². The quantitative estimate of drug-likeness (QED) is 0.480. The number of aliphatic hydroxyl groups excluding tert-OH is 1. The van der Waals surface area contributed by atoms with Crippen molar-refractivity contribution in [2.24, 2.45) is 5.92 Å². The van der Waals surface area contributed by atoms with Gasteiger partial charge in [0.1, 0.15) is 0 Å². The molecule has 1 saturated carbocycles. The summed E-state index contributed by atoms with van der Waals surface area (Å²) in [5.41, 5.74) is -0.244. The molecule has 0 amide bonds. The third-order valence-corrected chi connectivity index (χ3v) is 3.39. The molecular weight excluding hydrogens is 196 g/mol. The van der Waals surface area contributed by atoms with Crippen LogP contribution in [0.15, 0.2) is 0 Å².